The Labute approximate surface area is 283 Å². The van der Waals surface area contributed by atoms with Gasteiger partial charge in [-0.05, 0) is 51.4 Å². The van der Waals surface area contributed by atoms with E-state index in [0.717, 1.165) is 83.5 Å². The fraction of sp³-hybridized carbons (Fsp3) is 0.825. The minimum atomic E-state index is -0.765. The highest BCUT2D eigenvalue weighted by Crippen LogP contribution is 2.13. The fourth-order valence-electron chi connectivity index (χ4n) is 5.23. The Hall–Kier alpha value is -2.11. The molecule has 0 fully saturated rings. The quantitative estimate of drug-likeness (QED) is 0.0299. The summed E-state index contributed by atoms with van der Waals surface area (Å²) < 4.78 is 16.5. The van der Waals surface area contributed by atoms with Crippen molar-refractivity contribution in [2.24, 2.45) is 0 Å². The zero-order chi connectivity index (χ0) is 33.8. The second-order valence-corrected chi connectivity index (χ2v) is 12.8. The summed E-state index contributed by atoms with van der Waals surface area (Å²) in [4.78, 5) is 37.1. The van der Waals surface area contributed by atoms with Crippen molar-refractivity contribution in [2.75, 3.05) is 13.2 Å². The van der Waals surface area contributed by atoms with E-state index in [1.165, 1.54) is 70.6 Å². The number of esters is 3. The third kappa shape index (κ3) is 33.3. The maximum atomic E-state index is 12.5. The second kappa shape index (κ2) is 35.7. The zero-order valence-electron chi connectivity index (χ0n) is 30.3. The maximum absolute atomic E-state index is 12.5. The molecule has 0 amide bonds. The van der Waals surface area contributed by atoms with Gasteiger partial charge < -0.3 is 14.2 Å². The normalized spacial score (nSPS) is 12.2. The lowest BCUT2D eigenvalue weighted by Gasteiger charge is -2.18. The van der Waals surface area contributed by atoms with E-state index in [1.54, 1.807) is 0 Å². The molecule has 0 bridgehead atoms. The molecule has 0 aromatic heterocycles. The van der Waals surface area contributed by atoms with Crippen LogP contribution in [0.1, 0.15) is 194 Å². The molecule has 0 aromatic carbocycles. The van der Waals surface area contributed by atoms with Crippen molar-refractivity contribution < 1.29 is 28.6 Å². The average Bonchev–Trinajstić information content (AvgIpc) is 3.05. The van der Waals surface area contributed by atoms with Crippen molar-refractivity contribution >= 4 is 17.9 Å². The van der Waals surface area contributed by atoms with Crippen LogP contribution in [0.25, 0.3) is 0 Å². The molecule has 0 saturated heterocycles. The second-order valence-electron chi connectivity index (χ2n) is 12.8. The number of hydrogen-bond acceptors (Lipinski definition) is 6. The van der Waals surface area contributed by atoms with Crippen molar-refractivity contribution in [2.45, 2.75) is 200 Å². The van der Waals surface area contributed by atoms with E-state index in [1.807, 2.05) is 0 Å². The highest BCUT2D eigenvalue weighted by Gasteiger charge is 2.19. The van der Waals surface area contributed by atoms with E-state index in [0.29, 0.717) is 19.3 Å². The molecule has 46 heavy (non-hydrogen) atoms. The van der Waals surface area contributed by atoms with Crippen molar-refractivity contribution in [3.05, 3.63) is 24.3 Å². The lowest BCUT2D eigenvalue weighted by atomic mass is 10.1. The first-order valence-electron chi connectivity index (χ1n) is 19.3. The smallest absolute Gasteiger partial charge is 0.306 e. The number of carbonyl (C=O) groups excluding carboxylic acids is 3. The Morgan fingerprint density at radius 2 is 0.783 bits per heavy atom. The number of unbranched alkanes of at least 4 members (excludes halogenated alkanes) is 19. The highest BCUT2D eigenvalue weighted by atomic mass is 16.6. The summed E-state index contributed by atoms with van der Waals surface area (Å²) in [6.07, 6.45) is 36.2. The van der Waals surface area contributed by atoms with Crippen molar-refractivity contribution in [1.29, 1.82) is 0 Å². The molecule has 0 aliphatic heterocycles. The zero-order valence-corrected chi connectivity index (χ0v) is 30.3. The minimum Gasteiger partial charge on any atom is -0.462 e. The van der Waals surface area contributed by atoms with Gasteiger partial charge >= 0.3 is 17.9 Å². The van der Waals surface area contributed by atoms with Gasteiger partial charge in [0, 0.05) is 19.3 Å². The summed E-state index contributed by atoms with van der Waals surface area (Å²) >= 11 is 0. The number of ether oxygens (including phenoxy) is 3. The molecule has 1 atom stereocenters. The van der Waals surface area contributed by atoms with E-state index < -0.39 is 6.10 Å². The number of rotatable bonds is 34. The summed E-state index contributed by atoms with van der Waals surface area (Å²) in [6.45, 7) is 6.46. The first kappa shape index (κ1) is 43.9. The molecule has 0 saturated carbocycles. The molecule has 6 nitrogen and oxygen atoms in total. The molecule has 6 heteroatoms. The molecule has 268 valence electrons. The Kier molecular flexibility index (Phi) is 34.1. The van der Waals surface area contributed by atoms with Crippen LogP contribution in [0.15, 0.2) is 24.3 Å². The first-order valence-corrected chi connectivity index (χ1v) is 19.3. The summed E-state index contributed by atoms with van der Waals surface area (Å²) in [5.41, 5.74) is 0. The Morgan fingerprint density at radius 3 is 1.24 bits per heavy atom. The van der Waals surface area contributed by atoms with E-state index in [4.69, 9.17) is 14.2 Å². The molecular formula is C40H72O6. The van der Waals surface area contributed by atoms with Gasteiger partial charge in [-0.15, -0.1) is 0 Å². The van der Waals surface area contributed by atoms with E-state index in [2.05, 4.69) is 45.1 Å². The van der Waals surface area contributed by atoms with Crippen molar-refractivity contribution in [1.82, 2.24) is 0 Å². The molecule has 0 N–H and O–H groups in total. The van der Waals surface area contributed by atoms with Crippen LogP contribution in [0.3, 0.4) is 0 Å². The van der Waals surface area contributed by atoms with Gasteiger partial charge in [-0.3, -0.25) is 14.4 Å². The van der Waals surface area contributed by atoms with Crippen LogP contribution in [0.5, 0.6) is 0 Å². The van der Waals surface area contributed by atoms with Gasteiger partial charge in [0.2, 0.25) is 0 Å². The molecule has 0 spiro atoms. The topological polar surface area (TPSA) is 78.9 Å². The number of carbonyl (C=O) groups is 3. The average molecular weight is 649 g/mol. The van der Waals surface area contributed by atoms with Crippen molar-refractivity contribution in [3.63, 3.8) is 0 Å². The van der Waals surface area contributed by atoms with Gasteiger partial charge in [0.1, 0.15) is 13.2 Å². The van der Waals surface area contributed by atoms with Crippen LogP contribution in [-0.4, -0.2) is 37.2 Å². The van der Waals surface area contributed by atoms with Gasteiger partial charge in [-0.25, -0.2) is 0 Å². The summed E-state index contributed by atoms with van der Waals surface area (Å²) in [5, 5.41) is 0. The van der Waals surface area contributed by atoms with Crippen LogP contribution in [0.4, 0.5) is 0 Å². The van der Waals surface area contributed by atoms with E-state index in [-0.39, 0.29) is 31.1 Å². The molecular weight excluding hydrogens is 576 g/mol. The Bertz CT molecular complexity index is 759. The van der Waals surface area contributed by atoms with E-state index >= 15 is 0 Å². The number of allylic oxidation sites excluding steroid dienone is 4. The molecule has 0 rings (SSSR count). The summed E-state index contributed by atoms with van der Waals surface area (Å²) in [5.74, 6) is -0.912. The molecule has 0 heterocycles. The van der Waals surface area contributed by atoms with Gasteiger partial charge in [0.05, 0.1) is 0 Å². The third-order valence-corrected chi connectivity index (χ3v) is 8.21. The predicted octanol–water partition coefficient (Wildman–Crippen LogP) is 11.7. The minimum absolute atomic E-state index is 0.0755. The predicted molar refractivity (Wildman–Crippen MR) is 192 cm³/mol. The largest absolute Gasteiger partial charge is 0.462 e. The van der Waals surface area contributed by atoms with Gasteiger partial charge in [-0.2, -0.15) is 0 Å². The number of hydrogen-bond donors (Lipinski definition) is 0. The van der Waals surface area contributed by atoms with Crippen LogP contribution in [0.2, 0.25) is 0 Å². The molecule has 0 radical (unpaired) electrons. The fourth-order valence-corrected chi connectivity index (χ4v) is 5.23. The first-order chi connectivity index (χ1) is 22.5. The van der Waals surface area contributed by atoms with Gasteiger partial charge in [0.25, 0.3) is 0 Å². The van der Waals surface area contributed by atoms with Gasteiger partial charge in [-0.1, -0.05) is 148 Å². The Balaban J connectivity index is 4.25. The summed E-state index contributed by atoms with van der Waals surface area (Å²) in [6, 6.07) is 0. The monoisotopic (exact) mass is 649 g/mol. The molecule has 1 unspecified atom stereocenters. The van der Waals surface area contributed by atoms with Crippen molar-refractivity contribution in [3.8, 4) is 0 Å². The highest BCUT2D eigenvalue weighted by molar-refractivity contribution is 5.71. The Morgan fingerprint density at radius 1 is 0.435 bits per heavy atom. The van der Waals surface area contributed by atoms with Crippen LogP contribution in [0, 0.1) is 0 Å². The third-order valence-electron chi connectivity index (χ3n) is 8.21. The lowest BCUT2D eigenvalue weighted by molar-refractivity contribution is -0.167. The van der Waals surface area contributed by atoms with Crippen LogP contribution < -0.4 is 0 Å². The molecule has 0 aromatic rings. The maximum Gasteiger partial charge on any atom is 0.306 e. The van der Waals surface area contributed by atoms with E-state index in [9.17, 15) is 14.4 Å². The molecule has 0 aliphatic rings. The molecule has 0 aliphatic carbocycles. The van der Waals surface area contributed by atoms with Gasteiger partial charge in [0.15, 0.2) is 6.10 Å². The van der Waals surface area contributed by atoms with Crippen LogP contribution >= 0.6 is 0 Å². The van der Waals surface area contributed by atoms with Crippen LogP contribution in [-0.2, 0) is 28.6 Å². The summed E-state index contributed by atoms with van der Waals surface area (Å²) in [7, 11) is 0. The lowest BCUT2D eigenvalue weighted by Crippen LogP contribution is -2.30. The standard InChI is InChI=1S/C40H72O6/c1-4-7-10-13-15-17-18-19-20-21-22-23-25-27-30-33-39(42)45-36-37(35-44-38(41)32-29-26-12-9-6-3)46-40(43)34-31-28-24-16-14-11-8-5-2/h15,17,19-20,37H,4-14,16,18,21-36H2,1-3H3/b17-15-,20-19-. The SMILES string of the molecule is CCCCC/C=C\C/C=C\CCCCCCCC(=O)OCC(COC(=O)CCCCCCC)OC(=O)CCCCCCCCCC.